The summed E-state index contributed by atoms with van der Waals surface area (Å²) in [6, 6.07) is 6.58. The average Bonchev–Trinajstić information content (AvgIpc) is 2.40. The second-order valence-corrected chi connectivity index (χ2v) is 4.40. The third kappa shape index (κ3) is 2.78. The third-order valence-electron chi connectivity index (χ3n) is 3.24. The molecule has 0 aromatic heterocycles. The van der Waals surface area contributed by atoms with Crippen molar-refractivity contribution in [3.05, 3.63) is 29.6 Å². The number of nitriles is 1. The van der Waals surface area contributed by atoms with Gasteiger partial charge in [0.2, 0.25) is 0 Å². The minimum absolute atomic E-state index is 0.318. The Morgan fingerprint density at radius 1 is 1.28 bits per heavy atom. The van der Waals surface area contributed by atoms with E-state index in [1.807, 2.05) is 11.0 Å². The minimum Gasteiger partial charge on any atom is -0.367 e. The normalized spacial score (nSPS) is 16.6. The highest BCUT2D eigenvalue weighted by molar-refractivity contribution is 5.51. The molecule has 1 aromatic rings. The molecular weight excluding hydrogens is 231 g/mol. The molecule has 1 heterocycles. The molecule has 2 N–H and O–H groups in total. The van der Waals surface area contributed by atoms with Gasteiger partial charge in [-0.2, -0.15) is 5.26 Å². The molecule has 0 unspecified atom stereocenters. The largest absolute Gasteiger partial charge is 0.367 e. The number of piperazine rings is 1. The van der Waals surface area contributed by atoms with Gasteiger partial charge in [-0.3, -0.25) is 4.90 Å². The molecule has 0 saturated carbocycles. The van der Waals surface area contributed by atoms with Crippen molar-refractivity contribution in [3.63, 3.8) is 0 Å². The number of rotatable bonds is 3. The maximum absolute atomic E-state index is 13.8. The first kappa shape index (κ1) is 12.8. The molecule has 2 rings (SSSR count). The molecule has 0 amide bonds. The fraction of sp³-hybridized carbons (Fsp3) is 0.462. The first-order valence-corrected chi connectivity index (χ1v) is 6.11. The Bertz CT molecular complexity index is 447. The van der Waals surface area contributed by atoms with Crippen molar-refractivity contribution < 1.29 is 4.39 Å². The summed E-state index contributed by atoms with van der Waals surface area (Å²) >= 11 is 0. The van der Waals surface area contributed by atoms with Gasteiger partial charge in [0, 0.05) is 39.3 Å². The zero-order valence-electron chi connectivity index (χ0n) is 10.3. The van der Waals surface area contributed by atoms with E-state index in [1.54, 1.807) is 12.1 Å². The van der Waals surface area contributed by atoms with E-state index in [1.165, 1.54) is 6.07 Å². The molecule has 1 aliphatic heterocycles. The van der Waals surface area contributed by atoms with Gasteiger partial charge in [-0.1, -0.05) is 0 Å². The summed E-state index contributed by atoms with van der Waals surface area (Å²) in [6.07, 6.45) is 0. The van der Waals surface area contributed by atoms with Crippen LogP contribution in [0.5, 0.6) is 0 Å². The van der Waals surface area contributed by atoms with Crippen LogP contribution in [-0.2, 0) is 0 Å². The first-order chi connectivity index (χ1) is 8.74. The van der Waals surface area contributed by atoms with Crippen molar-refractivity contribution >= 4 is 5.69 Å². The van der Waals surface area contributed by atoms with Crippen LogP contribution in [0.25, 0.3) is 0 Å². The summed E-state index contributed by atoms with van der Waals surface area (Å²) in [7, 11) is 0. The van der Waals surface area contributed by atoms with Crippen molar-refractivity contribution in [3.8, 4) is 6.07 Å². The number of hydrogen-bond acceptors (Lipinski definition) is 4. The van der Waals surface area contributed by atoms with Crippen LogP contribution < -0.4 is 10.6 Å². The zero-order chi connectivity index (χ0) is 13.0. The highest BCUT2D eigenvalue weighted by Crippen LogP contribution is 2.21. The molecular formula is C13H17FN4. The van der Waals surface area contributed by atoms with Crippen molar-refractivity contribution in [1.29, 1.82) is 5.26 Å². The molecule has 1 saturated heterocycles. The average molecular weight is 248 g/mol. The Labute approximate surface area is 106 Å². The van der Waals surface area contributed by atoms with Gasteiger partial charge < -0.3 is 10.6 Å². The molecule has 18 heavy (non-hydrogen) atoms. The van der Waals surface area contributed by atoms with Crippen LogP contribution in [0.1, 0.15) is 5.56 Å². The Kier molecular flexibility index (Phi) is 4.13. The van der Waals surface area contributed by atoms with Gasteiger partial charge in [0.25, 0.3) is 0 Å². The summed E-state index contributed by atoms with van der Waals surface area (Å²) < 4.78 is 13.8. The molecule has 1 aliphatic rings. The van der Waals surface area contributed by atoms with Gasteiger partial charge in [0.1, 0.15) is 5.82 Å². The topological polar surface area (TPSA) is 56.3 Å². The lowest BCUT2D eigenvalue weighted by atomic mass is 10.2. The van der Waals surface area contributed by atoms with Gasteiger partial charge in [0.15, 0.2) is 0 Å². The second kappa shape index (κ2) is 5.80. The molecule has 96 valence electrons. The van der Waals surface area contributed by atoms with Crippen molar-refractivity contribution in [2.45, 2.75) is 0 Å². The van der Waals surface area contributed by atoms with Crippen LogP contribution in [0.15, 0.2) is 18.2 Å². The standard InChI is InChI=1S/C13H17FN4/c14-12-9-11(10-16)1-2-13(12)18-7-5-17(4-3-15)6-8-18/h1-2,9H,3-8,15H2. The zero-order valence-corrected chi connectivity index (χ0v) is 10.3. The van der Waals surface area contributed by atoms with E-state index >= 15 is 0 Å². The van der Waals surface area contributed by atoms with E-state index in [-0.39, 0.29) is 5.82 Å². The quantitative estimate of drug-likeness (QED) is 0.858. The lowest BCUT2D eigenvalue weighted by Crippen LogP contribution is -2.48. The molecule has 1 fully saturated rings. The fourth-order valence-corrected chi connectivity index (χ4v) is 2.23. The lowest BCUT2D eigenvalue weighted by molar-refractivity contribution is 0.264. The molecule has 0 spiro atoms. The summed E-state index contributed by atoms with van der Waals surface area (Å²) in [5.74, 6) is -0.318. The Balaban J connectivity index is 2.04. The monoisotopic (exact) mass is 248 g/mol. The number of halogens is 1. The minimum atomic E-state index is -0.318. The van der Waals surface area contributed by atoms with Gasteiger partial charge in [-0.15, -0.1) is 0 Å². The summed E-state index contributed by atoms with van der Waals surface area (Å²) in [5, 5.41) is 8.71. The van der Waals surface area contributed by atoms with E-state index in [4.69, 9.17) is 11.0 Å². The SMILES string of the molecule is N#Cc1ccc(N2CCN(CCN)CC2)c(F)c1. The van der Waals surface area contributed by atoms with Gasteiger partial charge in [0.05, 0.1) is 17.3 Å². The molecule has 5 heteroatoms. The van der Waals surface area contributed by atoms with E-state index < -0.39 is 0 Å². The predicted octanol–water partition coefficient (Wildman–Crippen LogP) is 0.778. The molecule has 0 bridgehead atoms. The molecule has 1 aromatic carbocycles. The summed E-state index contributed by atoms with van der Waals surface area (Å²) in [6.45, 7) is 4.94. The van der Waals surface area contributed by atoms with Crippen LogP contribution in [0.3, 0.4) is 0 Å². The molecule has 4 nitrogen and oxygen atoms in total. The van der Waals surface area contributed by atoms with Gasteiger partial charge in [-0.25, -0.2) is 4.39 Å². The summed E-state index contributed by atoms with van der Waals surface area (Å²) in [4.78, 5) is 4.29. The van der Waals surface area contributed by atoms with Crippen molar-refractivity contribution in [1.82, 2.24) is 4.90 Å². The predicted molar refractivity (Wildman–Crippen MR) is 68.8 cm³/mol. The first-order valence-electron chi connectivity index (χ1n) is 6.11. The van der Waals surface area contributed by atoms with E-state index in [2.05, 4.69) is 4.90 Å². The number of nitrogens with zero attached hydrogens (tertiary/aromatic N) is 3. The van der Waals surface area contributed by atoms with Crippen LogP contribution in [0.4, 0.5) is 10.1 Å². The second-order valence-electron chi connectivity index (χ2n) is 4.40. The van der Waals surface area contributed by atoms with Gasteiger partial charge >= 0.3 is 0 Å². The highest BCUT2D eigenvalue weighted by atomic mass is 19.1. The van der Waals surface area contributed by atoms with Crippen LogP contribution in [-0.4, -0.2) is 44.2 Å². The maximum atomic E-state index is 13.8. The Morgan fingerprint density at radius 2 is 2.00 bits per heavy atom. The van der Waals surface area contributed by atoms with Crippen LogP contribution in [0, 0.1) is 17.1 Å². The number of anilines is 1. The van der Waals surface area contributed by atoms with Crippen molar-refractivity contribution in [2.24, 2.45) is 5.73 Å². The van der Waals surface area contributed by atoms with E-state index in [9.17, 15) is 4.39 Å². The van der Waals surface area contributed by atoms with E-state index in [0.29, 0.717) is 17.8 Å². The number of nitrogens with two attached hydrogens (primary N) is 1. The third-order valence-corrected chi connectivity index (χ3v) is 3.24. The molecule has 0 atom stereocenters. The Hall–Kier alpha value is -1.64. The van der Waals surface area contributed by atoms with Crippen LogP contribution >= 0.6 is 0 Å². The van der Waals surface area contributed by atoms with Crippen LogP contribution in [0.2, 0.25) is 0 Å². The summed E-state index contributed by atoms with van der Waals surface area (Å²) in [5.41, 5.74) is 6.46. The Morgan fingerprint density at radius 3 is 2.56 bits per heavy atom. The van der Waals surface area contributed by atoms with E-state index in [0.717, 1.165) is 32.7 Å². The maximum Gasteiger partial charge on any atom is 0.147 e. The van der Waals surface area contributed by atoms with Gasteiger partial charge in [-0.05, 0) is 18.2 Å². The lowest BCUT2D eigenvalue weighted by Gasteiger charge is -2.36. The number of benzene rings is 1. The highest BCUT2D eigenvalue weighted by Gasteiger charge is 2.18. The molecule has 0 aliphatic carbocycles. The fourth-order valence-electron chi connectivity index (χ4n) is 2.23. The molecule has 0 radical (unpaired) electrons. The smallest absolute Gasteiger partial charge is 0.147 e. The van der Waals surface area contributed by atoms with Crippen molar-refractivity contribution in [2.75, 3.05) is 44.2 Å². The number of hydrogen-bond donors (Lipinski definition) is 1.